The molecule has 0 saturated carbocycles. The van der Waals surface area contributed by atoms with Gasteiger partial charge in [0.15, 0.2) is 0 Å². The minimum absolute atomic E-state index is 0.163. The lowest BCUT2D eigenvalue weighted by molar-refractivity contribution is 0.0939. The van der Waals surface area contributed by atoms with Crippen LogP contribution in [0.5, 0.6) is 0 Å². The maximum absolute atomic E-state index is 12.8. The van der Waals surface area contributed by atoms with Crippen molar-refractivity contribution in [2.24, 2.45) is 0 Å². The molecule has 98 valence electrons. The van der Waals surface area contributed by atoms with Gasteiger partial charge in [0.25, 0.3) is 5.91 Å². The van der Waals surface area contributed by atoms with Gasteiger partial charge in [-0.1, -0.05) is 24.3 Å². The molecule has 1 N–H and O–H groups in total. The minimum atomic E-state index is -0.284. The fourth-order valence-electron chi connectivity index (χ4n) is 1.75. The van der Waals surface area contributed by atoms with E-state index in [-0.39, 0.29) is 17.8 Å². The third-order valence-electron chi connectivity index (χ3n) is 2.84. The molecule has 0 saturated heterocycles. The molecule has 0 radical (unpaired) electrons. The van der Waals surface area contributed by atoms with Crippen molar-refractivity contribution in [1.82, 2.24) is 5.32 Å². The van der Waals surface area contributed by atoms with Gasteiger partial charge in [-0.2, -0.15) is 0 Å². The number of hydrogen-bond acceptors (Lipinski definition) is 1. The summed E-state index contributed by atoms with van der Waals surface area (Å²) < 4.78 is 13.6. The second-order valence-electron chi connectivity index (χ2n) is 4.23. The summed E-state index contributed by atoms with van der Waals surface area (Å²) in [7, 11) is 0. The van der Waals surface area contributed by atoms with Gasteiger partial charge < -0.3 is 5.32 Å². The molecule has 2 aromatic carbocycles. The number of amides is 1. The molecule has 1 unspecified atom stereocenters. The van der Waals surface area contributed by atoms with Crippen LogP contribution in [0.15, 0.2) is 53.0 Å². The lowest BCUT2D eigenvalue weighted by Gasteiger charge is -2.15. The third-order valence-corrected chi connectivity index (χ3v) is 3.53. The zero-order valence-corrected chi connectivity index (χ0v) is 11.9. The molecule has 0 aliphatic carbocycles. The standard InChI is InChI=1S/C15H13BrFNO/c1-10(11-6-8-12(17)9-7-11)18-15(19)13-4-2-3-5-14(13)16/h2-10H,1H3,(H,18,19). The van der Waals surface area contributed by atoms with Crippen molar-refractivity contribution in [1.29, 1.82) is 0 Å². The Bertz CT molecular complexity index is 583. The van der Waals surface area contributed by atoms with Crippen molar-refractivity contribution in [3.63, 3.8) is 0 Å². The van der Waals surface area contributed by atoms with Crippen molar-refractivity contribution in [3.05, 3.63) is 69.9 Å². The van der Waals surface area contributed by atoms with Gasteiger partial charge in [-0.3, -0.25) is 4.79 Å². The molecule has 19 heavy (non-hydrogen) atoms. The van der Waals surface area contributed by atoms with E-state index in [1.54, 1.807) is 18.2 Å². The first-order valence-electron chi connectivity index (χ1n) is 5.89. The molecule has 0 aromatic heterocycles. The van der Waals surface area contributed by atoms with Crippen molar-refractivity contribution >= 4 is 21.8 Å². The molecule has 0 heterocycles. The van der Waals surface area contributed by atoms with Crippen LogP contribution in [-0.4, -0.2) is 5.91 Å². The van der Waals surface area contributed by atoms with Crippen molar-refractivity contribution in [2.45, 2.75) is 13.0 Å². The average molecular weight is 322 g/mol. The molecule has 2 aromatic rings. The molecular weight excluding hydrogens is 309 g/mol. The Morgan fingerprint density at radius 2 is 1.79 bits per heavy atom. The summed E-state index contributed by atoms with van der Waals surface area (Å²) in [4.78, 5) is 12.1. The average Bonchev–Trinajstić information content (AvgIpc) is 2.39. The van der Waals surface area contributed by atoms with Crippen LogP contribution in [0.4, 0.5) is 4.39 Å². The Morgan fingerprint density at radius 3 is 2.42 bits per heavy atom. The van der Waals surface area contributed by atoms with Crippen molar-refractivity contribution in [2.75, 3.05) is 0 Å². The fraction of sp³-hybridized carbons (Fsp3) is 0.133. The summed E-state index contributed by atoms with van der Waals surface area (Å²) in [6, 6.07) is 13.1. The van der Waals surface area contributed by atoms with Gasteiger partial charge in [0.2, 0.25) is 0 Å². The summed E-state index contributed by atoms with van der Waals surface area (Å²) in [5.74, 6) is -0.447. The van der Waals surface area contributed by atoms with E-state index in [2.05, 4.69) is 21.2 Å². The van der Waals surface area contributed by atoms with Gasteiger partial charge in [-0.05, 0) is 52.7 Å². The minimum Gasteiger partial charge on any atom is -0.345 e. The van der Waals surface area contributed by atoms with Crippen LogP contribution in [0.1, 0.15) is 28.9 Å². The maximum atomic E-state index is 12.8. The quantitative estimate of drug-likeness (QED) is 0.906. The Kier molecular flexibility index (Phi) is 4.32. The Labute approximate surface area is 119 Å². The van der Waals surface area contributed by atoms with Crippen LogP contribution in [0.3, 0.4) is 0 Å². The van der Waals surface area contributed by atoms with Crippen LogP contribution in [0, 0.1) is 5.82 Å². The van der Waals surface area contributed by atoms with Crippen LogP contribution in [-0.2, 0) is 0 Å². The monoisotopic (exact) mass is 321 g/mol. The molecule has 2 rings (SSSR count). The number of carbonyl (C=O) groups excluding carboxylic acids is 1. The number of rotatable bonds is 3. The predicted molar refractivity (Wildman–Crippen MR) is 76.4 cm³/mol. The fourth-order valence-corrected chi connectivity index (χ4v) is 2.22. The zero-order valence-electron chi connectivity index (χ0n) is 10.4. The number of nitrogens with one attached hydrogen (secondary N) is 1. The first-order valence-corrected chi connectivity index (χ1v) is 6.68. The molecule has 0 spiro atoms. The number of hydrogen-bond donors (Lipinski definition) is 1. The molecule has 0 aliphatic heterocycles. The van der Waals surface area contributed by atoms with E-state index in [9.17, 15) is 9.18 Å². The highest BCUT2D eigenvalue weighted by Crippen LogP contribution is 2.18. The van der Waals surface area contributed by atoms with Gasteiger partial charge in [-0.15, -0.1) is 0 Å². The van der Waals surface area contributed by atoms with Crippen LogP contribution < -0.4 is 5.32 Å². The van der Waals surface area contributed by atoms with Crippen LogP contribution in [0.2, 0.25) is 0 Å². The van der Waals surface area contributed by atoms with E-state index in [1.165, 1.54) is 12.1 Å². The molecule has 1 atom stereocenters. The molecule has 0 aliphatic rings. The second kappa shape index (κ2) is 5.97. The van der Waals surface area contributed by atoms with E-state index >= 15 is 0 Å². The lowest BCUT2D eigenvalue weighted by Crippen LogP contribution is -2.26. The van der Waals surface area contributed by atoms with Gasteiger partial charge in [0.05, 0.1) is 11.6 Å². The summed E-state index contributed by atoms with van der Waals surface area (Å²) in [6.07, 6.45) is 0. The highest BCUT2D eigenvalue weighted by atomic mass is 79.9. The smallest absolute Gasteiger partial charge is 0.252 e. The summed E-state index contributed by atoms with van der Waals surface area (Å²) in [5, 5.41) is 2.88. The predicted octanol–water partition coefficient (Wildman–Crippen LogP) is 4.08. The van der Waals surface area contributed by atoms with Gasteiger partial charge in [0, 0.05) is 4.47 Å². The Balaban J connectivity index is 2.11. The van der Waals surface area contributed by atoms with Crippen molar-refractivity contribution in [3.8, 4) is 0 Å². The molecule has 2 nitrogen and oxygen atoms in total. The maximum Gasteiger partial charge on any atom is 0.252 e. The Morgan fingerprint density at radius 1 is 1.16 bits per heavy atom. The van der Waals surface area contributed by atoms with E-state index in [1.807, 2.05) is 25.1 Å². The van der Waals surface area contributed by atoms with E-state index in [0.717, 1.165) is 10.0 Å². The first-order chi connectivity index (χ1) is 9.08. The van der Waals surface area contributed by atoms with Crippen LogP contribution in [0.25, 0.3) is 0 Å². The third kappa shape index (κ3) is 3.41. The first kappa shape index (κ1) is 13.7. The number of halogens is 2. The summed E-state index contributed by atoms with van der Waals surface area (Å²) in [5.41, 5.74) is 1.44. The van der Waals surface area contributed by atoms with Gasteiger partial charge >= 0.3 is 0 Å². The number of benzene rings is 2. The summed E-state index contributed by atoms with van der Waals surface area (Å²) in [6.45, 7) is 1.86. The van der Waals surface area contributed by atoms with Crippen molar-refractivity contribution < 1.29 is 9.18 Å². The highest BCUT2D eigenvalue weighted by molar-refractivity contribution is 9.10. The van der Waals surface area contributed by atoms with Crippen LogP contribution >= 0.6 is 15.9 Å². The highest BCUT2D eigenvalue weighted by Gasteiger charge is 2.13. The van der Waals surface area contributed by atoms with E-state index < -0.39 is 0 Å². The molecule has 4 heteroatoms. The summed E-state index contributed by atoms with van der Waals surface area (Å²) >= 11 is 3.34. The molecule has 0 bridgehead atoms. The topological polar surface area (TPSA) is 29.1 Å². The number of carbonyl (C=O) groups is 1. The second-order valence-corrected chi connectivity index (χ2v) is 5.08. The lowest BCUT2D eigenvalue weighted by atomic mass is 10.1. The van der Waals surface area contributed by atoms with Gasteiger partial charge in [-0.25, -0.2) is 4.39 Å². The Hall–Kier alpha value is -1.68. The molecule has 0 fully saturated rings. The SMILES string of the molecule is CC(NC(=O)c1ccccc1Br)c1ccc(F)cc1. The zero-order chi connectivity index (χ0) is 13.8. The van der Waals surface area contributed by atoms with E-state index in [0.29, 0.717) is 5.56 Å². The largest absolute Gasteiger partial charge is 0.345 e. The van der Waals surface area contributed by atoms with E-state index in [4.69, 9.17) is 0 Å². The molecular formula is C15H13BrFNO. The normalized spacial score (nSPS) is 11.9. The van der Waals surface area contributed by atoms with Gasteiger partial charge in [0.1, 0.15) is 5.82 Å². The molecule has 1 amide bonds.